The maximum atomic E-state index is 4.36. The molecule has 1 aliphatic rings. The van der Waals surface area contributed by atoms with Gasteiger partial charge in [0.25, 0.3) is 0 Å². The van der Waals surface area contributed by atoms with Crippen molar-refractivity contribution in [2.75, 3.05) is 26.7 Å². The maximum Gasteiger partial charge on any atom is 0.0543 e. The molecule has 1 fully saturated rings. The summed E-state index contributed by atoms with van der Waals surface area (Å²) in [7, 11) is 2.03. The fourth-order valence-electron chi connectivity index (χ4n) is 2.23. The molecule has 3 nitrogen and oxygen atoms in total. The van der Waals surface area contributed by atoms with Gasteiger partial charge in [-0.1, -0.05) is 6.07 Å². The first kappa shape index (κ1) is 13.4. The maximum absolute atomic E-state index is 4.36. The summed E-state index contributed by atoms with van der Waals surface area (Å²) in [5.74, 6) is 0.818. The summed E-state index contributed by atoms with van der Waals surface area (Å²) < 4.78 is 0. The van der Waals surface area contributed by atoms with Crippen molar-refractivity contribution >= 4 is 12.4 Å². The van der Waals surface area contributed by atoms with Crippen LogP contribution in [0.1, 0.15) is 12.1 Å². The highest BCUT2D eigenvalue weighted by atomic mass is 35.5. The highest BCUT2D eigenvalue weighted by molar-refractivity contribution is 5.85. The van der Waals surface area contributed by atoms with Crippen molar-refractivity contribution in [3.05, 3.63) is 30.1 Å². The first-order chi connectivity index (χ1) is 7.38. The Balaban J connectivity index is 0.00000128. The lowest BCUT2D eigenvalue weighted by molar-refractivity contribution is 0.312. The SMILES string of the molecule is CNCC1CCN(Cc2ccccn2)C1.Cl. The second-order valence-electron chi connectivity index (χ2n) is 4.27. The lowest BCUT2D eigenvalue weighted by Crippen LogP contribution is -2.24. The Morgan fingerprint density at radius 1 is 1.50 bits per heavy atom. The highest BCUT2D eigenvalue weighted by Gasteiger charge is 2.21. The average molecular weight is 242 g/mol. The summed E-state index contributed by atoms with van der Waals surface area (Å²) >= 11 is 0. The van der Waals surface area contributed by atoms with E-state index >= 15 is 0 Å². The molecule has 90 valence electrons. The minimum absolute atomic E-state index is 0. The van der Waals surface area contributed by atoms with Crippen LogP contribution in [0.3, 0.4) is 0 Å². The summed E-state index contributed by atoms with van der Waals surface area (Å²) in [4.78, 5) is 6.85. The zero-order chi connectivity index (χ0) is 10.5. The molecular weight excluding hydrogens is 222 g/mol. The molecule has 1 saturated heterocycles. The van der Waals surface area contributed by atoms with E-state index in [1.54, 1.807) is 0 Å². The number of nitrogens with zero attached hydrogens (tertiary/aromatic N) is 2. The van der Waals surface area contributed by atoms with Gasteiger partial charge in [0.15, 0.2) is 0 Å². The lowest BCUT2D eigenvalue weighted by atomic mass is 10.1. The van der Waals surface area contributed by atoms with Gasteiger partial charge in [-0.2, -0.15) is 0 Å². The van der Waals surface area contributed by atoms with Crippen molar-refractivity contribution in [3.63, 3.8) is 0 Å². The Morgan fingerprint density at radius 2 is 2.38 bits per heavy atom. The molecule has 16 heavy (non-hydrogen) atoms. The zero-order valence-corrected chi connectivity index (χ0v) is 10.5. The summed E-state index contributed by atoms with van der Waals surface area (Å²) in [6, 6.07) is 6.13. The number of hydrogen-bond donors (Lipinski definition) is 1. The van der Waals surface area contributed by atoms with Crippen LogP contribution in [0, 0.1) is 5.92 Å². The van der Waals surface area contributed by atoms with Crippen LogP contribution in [0.5, 0.6) is 0 Å². The van der Waals surface area contributed by atoms with Crippen LogP contribution in [0.25, 0.3) is 0 Å². The summed E-state index contributed by atoms with van der Waals surface area (Å²) in [6.45, 7) is 4.56. The van der Waals surface area contributed by atoms with E-state index in [1.165, 1.54) is 25.2 Å². The molecule has 1 aromatic rings. The monoisotopic (exact) mass is 241 g/mol. The molecule has 1 aromatic heterocycles. The highest BCUT2D eigenvalue weighted by Crippen LogP contribution is 2.16. The van der Waals surface area contributed by atoms with Crippen molar-refractivity contribution in [2.24, 2.45) is 5.92 Å². The van der Waals surface area contributed by atoms with E-state index in [0.717, 1.165) is 19.0 Å². The van der Waals surface area contributed by atoms with Gasteiger partial charge in [0.05, 0.1) is 5.69 Å². The van der Waals surface area contributed by atoms with E-state index < -0.39 is 0 Å². The molecule has 0 spiro atoms. The van der Waals surface area contributed by atoms with Crippen LogP contribution < -0.4 is 5.32 Å². The van der Waals surface area contributed by atoms with Gasteiger partial charge in [0.2, 0.25) is 0 Å². The lowest BCUT2D eigenvalue weighted by Gasteiger charge is -2.15. The molecule has 1 aliphatic heterocycles. The third-order valence-electron chi connectivity index (χ3n) is 2.97. The van der Waals surface area contributed by atoms with Crippen LogP contribution in [-0.4, -0.2) is 36.6 Å². The molecular formula is C12H20ClN3. The average Bonchev–Trinajstić information content (AvgIpc) is 2.68. The Morgan fingerprint density at radius 3 is 3.06 bits per heavy atom. The number of nitrogens with one attached hydrogen (secondary N) is 1. The molecule has 0 amide bonds. The molecule has 4 heteroatoms. The van der Waals surface area contributed by atoms with Gasteiger partial charge >= 0.3 is 0 Å². The van der Waals surface area contributed by atoms with Crippen LogP contribution in [0.2, 0.25) is 0 Å². The smallest absolute Gasteiger partial charge is 0.0543 e. The summed E-state index contributed by atoms with van der Waals surface area (Å²) in [5.41, 5.74) is 1.18. The Hall–Kier alpha value is -0.640. The minimum atomic E-state index is 0. The van der Waals surface area contributed by atoms with E-state index in [9.17, 15) is 0 Å². The van der Waals surface area contributed by atoms with Crippen molar-refractivity contribution in [1.82, 2.24) is 15.2 Å². The topological polar surface area (TPSA) is 28.2 Å². The zero-order valence-electron chi connectivity index (χ0n) is 9.72. The molecule has 0 bridgehead atoms. The van der Waals surface area contributed by atoms with Gasteiger partial charge in [-0.25, -0.2) is 0 Å². The first-order valence-electron chi connectivity index (χ1n) is 5.65. The fourth-order valence-corrected chi connectivity index (χ4v) is 2.23. The number of rotatable bonds is 4. The van der Waals surface area contributed by atoms with E-state index in [4.69, 9.17) is 0 Å². The van der Waals surface area contributed by atoms with Crippen LogP contribution in [0.4, 0.5) is 0 Å². The molecule has 0 aromatic carbocycles. The van der Waals surface area contributed by atoms with Gasteiger partial charge in [-0.05, 0) is 44.6 Å². The third-order valence-corrected chi connectivity index (χ3v) is 2.97. The van der Waals surface area contributed by atoms with Crippen LogP contribution in [-0.2, 0) is 6.54 Å². The summed E-state index contributed by atoms with van der Waals surface area (Å²) in [5, 5.41) is 3.25. The van der Waals surface area contributed by atoms with Gasteiger partial charge in [0.1, 0.15) is 0 Å². The normalized spacial score (nSPS) is 20.7. The van der Waals surface area contributed by atoms with Gasteiger partial charge in [-0.15, -0.1) is 12.4 Å². The number of aromatic nitrogens is 1. The van der Waals surface area contributed by atoms with Crippen molar-refractivity contribution in [3.8, 4) is 0 Å². The Kier molecular flexibility index (Phi) is 5.74. The molecule has 2 heterocycles. The van der Waals surface area contributed by atoms with E-state index in [2.05, 4.69) is 27.3 Å². The third kappa shape index (κ3) is 3.74. The predicted octanol–water partition coefficient (Wildman–Crippen LogP) is 1.54. The number of halogens is 1. The number of hydrogen-bond acceptors (Lipinski definition) is 3. The predicted molar refractivity (Wildman–Crippen MR) is 68.8 cm³/mol. The van der Waals surface area contributed by atoms with Gasteiger partial charge < -0.3 is 5.32 Å². The molecule has 1 atom stereocenters. The standard InChI is InChI=1S/C12H19N3.ClH/c1-13-8-11-5-7-15(9-11)10-12-4-2-3-6-14-12;/h2-4,6,11,13H,5,7-10H2,1H3;1H. The van der Waals surface area contributed by atoms with Crippen molar-refractivity contribution in [2.45, 2.75) is 13.0 Å². The molecule has 2 rings (SSSR count). The largest absolute Gasteiger partial charge is 0.319 e. The van der Waals surface area contributed by atoms with Gasteiger partial charge in [0, 0.05) is 19.3 Å². The van der Waals surface area contributed by atoms with Crippen LogP contribution >= 0.6 is 12.4 Å². The van der Waals surface area contributed by atoms with Crippen molar-refractivity contribution < 1.29 is 0 Å². The van der Waals surface area contributed by atoms with Crippen LogP contribution in [0.15, 0.2) is 24.4 Å². The van der Waals surface area contributed by atoms with Gasteiger partial charge in [-0.3, -0.25) is 9.88 Å². The molecule has 0 saturated carbocycles. The molecule has 0 aliphatic carbocycles. The quantitative estimate of drug-likeness (QED) is 0.867. The molecule has 1 unspecified atom stereocenters. The first-order valence-corrected chi connectivity index (χ1v) is 5.65. The minimum Gasteiger partial charge on any atom is -0.319 e. The van der Waals surface area contributed by atoms with Crippen molar-refractivity contribution in [1.29, 1.82) is 0 Å². The fraction of sp³-hybridized carbons (Fsp3) is 0.583. The molecule has 0 radical (unpaired) electrons. The van der Waals surface area contributed by atoms with E-state index in [0.29, 0.717) is 0 Å². The number of pyridine rings is 1. The Bertz CT molecular complexity index is 292. The van der Waals surface area contributed by atoms with E-state index in [-0.39, 0.29) is 12.4 Å². The molecule has 1 N–H and O–H groups in total. The second-order valence-corrected chi connectivity index (χ2v) is 4.27. The Labute approximate surface area is 104 Å². The van der Waals surface area contributed by atoms with E-state index in [1.807, 2.05) is 19.3 Å². The second kappa shape index (κ2) is 6.84. The number of likely N-dealkylation sites (tertiary alicyclic amines) is 1. The summed E-state index contributed by atoms with van der Waals surface area (Å²) in [6.07, 6.45) is 3.18.